The molecule has 108 valence electrons. The molecule has 1 unspecified atom stereocenters. The Morgan fingerprint density at radius 3 is 2.65 bits per heavy atom. The normalized spacial score (nSPS) is 13.4. The standard InChI is InChI=1S/C16H23N3S/c1-11-7-6-8-18-15(11)12(17-5)9-14-19-13(10-20-14)16(2,3)4/h6-8,10,12,17H,9H2,1-5H3. The van der Waals surface area contributed by atoms with Crippen LogP contribution in [0.25, 0.3) is 0 Å². The van der Waals surface area contributed by atoms with Gasteiger partial charge in [-0.15, -0.1) is 11.3 Å². The van der Waals surface area contributed by atoms with Crippen LogP contribution in [-0.4, -0.2) is 17.0 Å². The van der Waals surface area contributed by atoms with Gasteiger partial charge in [0.2, 0.25) is 0 Å². The fourth-order valence-corrected chi connectivity index (χ4v) is 3.19. The zero-order chi connectivity index (χ0) is 14.8. The van der Waals surface area contributed by atoms with Crippen molar-refractivity contribution < 1.29 is 0 Å². The molecule has 4 heteroatoms. The number of hydrogen-bond acceptors (Lipinski definition) is 4. The first kappa shape index (κ1) is 15.1. The number of nitrogens with zero attached hydrogens (tertiary/aromatic N) is 2. The van der Waals surface area contributed by atoms with Crippen molar-refractivity contribution in [2.45, 2.75) is 45.6 Å². The summed E-state index contributed by atoms with van der Waals surface area (Å²) in [7, 11) is 1.98. The molecule has 0 aromatic carbocycles. The molecule has 2 heterocycles. The highest BCUT2D eigenvalue weighted by molar-refractivity contribution is 7.09. The van der Waals surface area contributed by atoms with E-state index in [1.165, 1.54) is 16.3 Å². The van der Waals surface area contributed by atoms with Crippen molar-refractivity contribution in [3.63, 3.8) is 0 Å². The summed E-state index contributed by atoms with van der Waals surface area (Å²) in [5.41, 5.74) is 3.62. The number of hydrogen-bond donors (Lipinski definition) is 1. The molecule has 0 amide bonds. The van der Waals surface area contributed by atoms with Gasteiger partial charge in [0, 0.05) is 23.4 Å². The molecule has 1 N–H and O–H groups in total. The summed E-state index contributed by atoms with van der Waals surface area (Å²) in [6.07, 6.45) is 2.74. The van der Waals surface area contributed by atoms with E-state index in [0.717, 1.165) is 12.1 Å². The minimum Gasteiger partial charge on any atom is -0.311 e. The van der Waals surface area contributed by atoms with E-state index in [0.29, 0.717) is 0 Å². The Hall–Kier alpha value is -1.26. The first-order valence-electron chi connectivity index (χ1n) is 6.95. The molecule has 0 bridgehead atoms. The molecule has 0 saturated carbocycles. The second-order valence-corrected chi connectivity index (χ2v) is 7.07. The maximum absolute atomic E-state index is 4.78. The fraction of sp³-hybridized carbons (Fsp3) is 0.500. The number of thiazole rings is 1. The van der Waals surface area contributed by atoms with E-state index in [4.69, 9.17) is 4.98 Å². The third kappa shape index (κ3) is 3.44. The fourth-order valence-electron chi connectivity index (χ4n) is 2.12. The topological polar surface area (TPSA) is 37.8 Å². The van der Waals surface area contributed by atoms with Gasteiger partial charge in [-0.3, -0.25) is 4.98 Å². The molecule has 2 aromatic heterocycles. The third-order valence-corrected chi connectivity index (χ3v) is 4.30. The van der Waals surface area contributed by atoms with Gasteiger partial charge in [0.1, 0.15) is 0 Å². The number of likely N-dealkylation sites (N-methyl/N-ethyl adjacent to an activating group) is 1. The SMILES string of the molecule is CNC(Cc1nc(C(C)(C)C)cs1)c1ncccc1C. The van der Waals surface area contributed by atoms with Crippen LogP contribution < -0.4 is 5.32 Å². The van der Waals surface area contributed by atoms with Gasteiger partial charge in [0.25, 0.3) is 0 Å². The molecule has 0 aliphatic heterocycles. The minimum absolute atomic E-state index is 0.116. The quantitative estimate of drug-likeness (QED) is 0.933. The van der Waals surface area contributed by atoms with Crippen molar-refractivity contribution >= 4 is 11.3 Å². The predicted molar refractivity (Wildman–Crippen MR) is 85.3 cm³/mol. The van der Waals surface area contributed by atoms with Crippen LogP contribution >= 0.6 is 11.3 Å². The van der Waals surface area contributed by atoms with E-state index in [-0.39, 0.29) is 11.5 Å². The Balaban J connectivity index is 2.19. The summed E-state index contributed by atoms with van der Waals surface area (Å²) in [5.74, 6) is 0. The predicted octanol–water partition coefficient (Wildman–Crippen LogP) is 3.65. The van der Waals surface area contributed by atoms with E-state index < -0.39 is 0 Å². The zero-order valence-corrected chi connectivity index (χ0v) is 13.7. The molecule has 0 radical (unpaired) electrons. The molecular weight excluding hydrogens is 266 g/mol. The summed E-state index contributed by atoms with van der Waals surface area (Å²) >= 11 is 1.74. The number of pyridine rings is 1. The second-order valence-electron chi connectivity index (χ2n) is 6.13. The molecule has 0 saturated heterocycles. The van der Waals surface area contributed by atoms with Crippen molar-refractivity contribution in [2.75, 3.05) is 7.05 Å². The molecule has 1 atom stereocenters. The highest BCUT2D eigenvalue weighted by Crippen LogP contribution is 2.26. The lowest BCUT2D eigenvalue weighted by molar-refractivity contribution is 0.553. The lowest BCUT2D eigenvalue weighted by Crippen LogP contribution is -2.21. The highest BCUT2D eigenvalue weighted by Gasteiger charge is 2.20. The second kappa shape index (κ2) is 6.02. The van der Waals surface area contributed by atoms with Crippen molar-refractivity contribution in [2.24, 2.45) is 0 Å². The van der Waals surface area contributed by atoms with Gasteiger partial charge in [-0.1, -0.05) is 26.8 Å². The van der Waals surface area contributed by atoms with Crippen LogP contribution in [0.15, 0.2) is 23.7 Å². The molecule has 2 aromatic rings. The van der Waals surface area contributed by atoms with Crippen molar-refractivity contribution in [1.82, 2.24) is 15.3 Å². The number of aromatic nitrogens is 2. The van der Waals surface area contributed by atoms with Gasteiger partial charge in [-0.2, -0.15) is 0 Å². The molecular formula is C16H23N3S. The average Bonchev–Trinajstić information content (AvgIpc) is 2.85. The minimum atomic E-state index is 0.116. The maximum Gasteiger partial charge on any atom is 0.0948 e. The van der Waals surface area contributed by atoms with E-state index >= 15 is 0 Å². The van der Waals surface area contributed by atoms with E-state index in [1.807, 2.05) is 19.3 Å². The van der Waals surface area contributed by atoms with Gasteiger partial charge >= 0.3 is 0 Å². The lowest BCUT2D eigenvalue weighted by Gasteiger charge is -2.17. The van der Waals surface area contributed by atoms with Crippen LogP contribution in [0.5, 0.6) is 0 Å². The van der Waals surface area contributed by atoms with Gasteiger partial charge < -0.3 is 5.32 Å². The Morgan fingerprint density at radius 2 is 2.10 bits per heavy atom. The highest BCUT2D eigenvalue weighted by atomic mass is 32.1. The molecule has 3 nitrogen and oxygen atoms in total. The molecule has 2 rings (SSSR count). The molecule has 0 aliphatic carbocycles. The Bertz CT molecular complexity index is 569. The molecule has 20 heavy (non-hydrogen) atoms. The Labute approximate surface area is 125 Å². The van der Waals surface area contributed by atoms with Crippen LogP contribution in [0.1, 0.15) is 48.8 Å². The first-order valence-corrected chi connectivity index (χ1v) is 7.83. The van der Waals surface area contributed by atoms with Gasteiger partial charge in [0.15, 0.2) is 0 Å². The van der Waals surface area contributed by atoms with Gasteiger partial charge in [0.05, 0.1) is 22.4 Å². The number of aryl methyl sites for hydroxylation is 1. The molecule has 0 aliphatic rings. The number of rotatable bonds is 4. The average molecular weight is 289 g/mol. The monoisotopic (exact) mass is 289 g/mol. The summed E-state index contributed by atoms with van der Waals surface area (Å²) in [5, 5.41) is 6.70. The first-order chi connectivity index (χ1) is 9.41. The largest absolute Gasteiger partial charge is 0.311 e. The summed E-state index contributed by atoms with van der Waals surface area (Å²) in [4.78, 5) is 9.29. The van der Waals surface area contributed by atoms with Gasteiger partial charge in [-0.05, 0) is 25.6 Å². The van der Waals surface area contributed by atoms with E-state index in [1.54, 1.807) is 11.3 Å². The molecule has 0 fully saturated rings. The van der Waals surface area contributed by atoms with E-state index in [9.17, 15) is 0 Å². The summed E-state index contributed by atoms with van der Waals surface area (Å²) < 4.78 is 0. The van der Waals surface area contributed by atoms with Crippen LogP contribution in [0, 0.1) is 6.92 Å². The third-order valence-electron chi connectivity index (χ3n) is 3.43. The zero-order valence-electron chi connectivity index (χ0n) is 12.9. The van der Waals surface area contributed by atoms with E-state index in [2.05, 4.69) is 49.4 Å². The van der Waals surface area contributed by atoms with Gasteiger partial charge in [-0.25, -0.2) is 4.98 Å². The maximum atomic E-state index is 4.78. The van der Waals surface area contributed by atoms with Crippen molar-refractivity contribution in [3.05, 3.63) is 45.7 Å². The van der Waals surface area contributed by atoms with Crippen LogP contribution in [0.2, 0.25) is 0 Å². The summed E-state index contributed by atoms with van der Waals surface area (Å²) in [6.45, 7) is 8.70. The number of nitrogens with one attached hydrogen (secondary N) is 1. The molecule has 0 spiro atoms. The smallest absolute Gasteiger partial charge is 0.0948 e. The van der Waals surface area contributed by atoms with Crippen LogP contribution in [0.4, 0.5) is 0 Å². The van der Waals surface area contributed by atoms with Crippen molar-refractivity contribution in [3.8, 4) is 0 Å². The lowest BCUT2D eigenvalue weighted by atomic mass is 9.93. The van der Waals surface area contributed by atoms with Crippen LogP contribution in [0.3, 0.4) is 0 Å². The Kier molecular flexibility index (Phi) is 4.55. The van der Waals surface area contributed by atoms with Crippen LogP contribution in [-0.2, 0) is 11.8 Å². The summed E-state index contributed by atoms with van der Waals surface area (Å²) in [6, 6.07) is 4.30. The Morgan fingerprint density at radius 1 is 1.35 bits per heavy atom. The van der Waals surface area contributed by atoms with Crippen molar-refractivity contribution in [1.29, 1.82) is 0 Å².